The lowest BCUT2D eigenvalue weighted by atomic mass is 9.99. The van der Waals surface area contributed by atoms with E-state index in [1.54, 1.807) is 0 Å². The van der Waals surface area contributed by atoms with Gasteiger partial charge in [0.25, 0.3) is 0 Å². The summed E-state index contributed by atoms with van der Waals surface area (Å²) in [5.41, 5.74) is 7.90. The second-order valence-electron chi connectivity index (χ2n) is 5.91. The average Bonchev–Trinajstić information content (AvgIpc) is 2.50. The van der Waals surface area contributed by atoms with Crippen molar-refractivity contribution in [1.29, 1.82) is 0 Å². The Balaban J connectivity index is 2.11. The first kappa shape index (κ1) is 17.9. The van der Waals surface area contributed by atoms with Gasteiger partial charge in [-0.2, -0.15) is 0 Å². The molecule has 0 amide bonds. The SMILES string of the molecule is CCCCCCCCCCC(=O)Cc1ccccc1CN. The highest BCUT2D eigenvalue weighted by Crippen LogP contribution is 2.13. The molecule has 0 aliphatic carbocycles. The maximum atomic E-state index is 12.0. The first-order chi connectivity index (χ1) is 10.3. The minimum absolute atomic E-state index is 0.349. The van der Waals surface area contributed by atoms with Crippen LogP contribution in [-0.2, 0) is 17.8 Å². The smallest absolute Gasteiger partial charge is 0.137 e. The summed E-state index contributed by atoms with van der Waals surface area (Å²) < 4.78 is 0. The van der Waals surface area contributed by atoms with Crippen molar-refractivity contribution in [1.82, 2.24) is 0 Å². The molecule has 2 heteroatoms. The number of carbonyl (C=O) groups is 1. The van der Waals surface area contributed by atoms with Crippen molar-refractivity contribution in [3.63, 3.8) is 0 Å². The van der Waals surface area contributed by atoms with E-state index in [0.717, 1.165) is 17.5 Å². The van der Waals surface area contributed by atoms with Gasteiger partial charge in [0.15, 0.2) is 0 Å². The lowest BCUT2D eigenvalue weighted by Crippen LogP contribution is -2.07. The molecule has 0 aliphatic heterocycles. The van der Waals surface area contributed by atoms with Crippen LogP contribution in [0.1, 0.15) is 75.8 Å². The molecule has 0 aromatic heterocycles. The summed E-state index contributed by atoms with van der Waals surface area (Å²) in [5.74, 6) is 0.349. The van der Waals surface area contributed by atoms with Gasteiger partial charge in [-0.25, -0.2) is 0 Å². The molecule has 0 unspecified atom stereocenters. The maximum absolute atomic E-state index is 12.0. The minimum atomic E-state index is 0.349. The molecule has 1 aromatic rings. The van der Waals surface area contributed by atoms with Crippen LogP contribution < -0.4 is 5.73 Å². The molecule has 0 atom stereocenters. The number of Topliss-reactive ketones (excluding diaryl/α,β-unsaturated/α-hetero) is 1. The van der Waals surface area contributed by atoms with Crippen LogP contribution >= 0.6 is 0 Å². The fourth-order valence-corrected chi connectivity index (χ4v) is 2.69. The first-order valence-corrected chi connectivity index (χ1v) is 8.56. The molecule has 0 saturated carbocycles. The Bertz CT molecular complexity index is 400. The van der Waals surface area contributed by atoms with E-state index < -0.39 is 0 Å². The second kappa shape index (κ2) is 11.5. The van der Waals surface area contributed by atoms with Gasteiger partial charge >= 0.3 is 0 Å². The van der Waals surface area contributed by atoms with Gasteiger partial charge in [0.05, 0.1) is 0 Å². The normalized spacial score (nSPS) is 10.8. The van der Waals surface area contributed by atoms with E-state index in [0.29, 0.717) is 25.2 Å². The largest absolute Gasteiger partial charge is 0.326 e. The predicted molar refractivity (Wildman–Crippen MR) is 90.3 cm³/mol. The fraction of sp³-hybridized carbons (Fsp3) is 0.632. The monoisotopic (exact) mass is 289 g/mol. The van der Waals surface area contributed by atoms with Crippen molar-refractivity contribution < 1.29 is 4.79 Å². The number of nitrogens with two attached hydrogens (primary N) is 1. The molecule has 0 saturated heterocycles. The van der Waals surface area contributed by atoms with Crippen molar-refractivity contribution in [3.05, 3.63) is 35.4 Å². The van der Waals surface area contributed by atoms with Gasteiger partial charge in [-0.05, 0) is 17.5 Å². The molecule has 2 N–H and O–H groups in total. The predicted octanol–water partition coefficient (Wildman–Crippen LogP) is 4.79. The zero-order chi connectivity index (χ0) is 15.3. The van der Waals surface area contributed by atoms with Crippen molar-refractivity contribution in [2.75, 3.05) is 0 Å². The van der Waals surface area contributed by atoms with Gasteiger partial charge in [-0.1, -0.05) is 76.1 Å². The van der Waals surface area contributed by atoms with Crippen LogP contribution in [0, 0.1) is 0 Å². The standard InChI is InChI=1S/C19H31NO/c1-2-3-4-5-6-7-8-9-14-19(21)15-17-12-10-11-13-18(17)16-20/h10-13H,2-9,14-16,20H2,1H3. The molecule has 1 aromatic carbocycles. The van der Waals surface area contributed by atoms with Crippen molar-refractivity contribution in [2.24, 2.45) is 5.73 Å². The molecule has 2 nitrogen and oxygen atoms in total. The Hall–Kier alpha value is -1.15. The molecular formula is C19H31NO. The van der Waals surface area contributed by atoms with Gasteiger partial charge < -0.3 is 5.73 Å². The van der Waals surface area contributed by atoms with E-state index in [1.165, 1.54) is 44.9 Å². The van der Waals surface area contributed by atoms with Gasteiger partial charge in [-0.3, -0.25) is 4.79 Å². The summed E-state index contributed by atoms with van der Waals surface area (Å²) in [6.45, 7) is 2.76. The molecule has 0 bridgehead atoms. The quantitative estimate of drug-likeness (QED) is 0.562. The van der Waals surface area contributed by atoms with Crippen molar-refractivity contribution >= 4 is 5.78 Å². The molecule has 0 aliphatic rings. The Morgan fingerprint density at radius 2 is 1.48 bits per heavy atom. The molecule has 0 heterocycles. The van der Waals surface area contributed by atoms with E-state index in [4.69, 9.17) is 5.73 Å². The highest BCUT2D eigenvalue weighted by atomic mass is 16.1. The summed E-state index contributed by atoms with van der Waals surface area (Å²) in [4.78, 5) is 12.0. The third-order valence-corrected chi connectivity index (χ3v) is 4.04. The van der Waals surface area contributed by atoms with Crippen LogP contribution in [0.5, 0.6) is 0 Å². The van der Waals surface area contributed by atoms with E-state index in [9.17, 15) is 4.79 Å². The molecule has 1 rings (SSSR count). The zero-order valence-corrected chi connectivity index (χ0v) is 13.6. The first-order valence-electron chi connectivity index (χ1n) is 8.56. The second-order valence-corrected chi connectivity index (χ2v) is 5.91. The molecule has 21 heavy (non-hydrogen) atoms. The minimum Gasteiger partial charge on any atom is -0.326 e. The number of benzene rings is 1. The number of ketones is 1. The van der Waals surface area contributed by atoms with Crippen LogP contribution in [0.2, 0.25) is 0 Å². The summed E-state index contributed by atoms with van der Waals surface area (Å²) in [5, 5.41) is 0. The molecule has 0 fully saturated rings. The average molecular weight is 289 g/mol. The molecule has 0 spiro atoms. The summed E-state index contributed by atoms with van der Waals surface area (Å²) in [6, 6.07) is 8.00. The highest BCUT2D eigenvalue weighted by Gasteiger charge is 2.06. The van der Waals surface area contributed by atoms with Gasteiger partial charge in [-0.15, -0.1) is 0 Å². The lowest BCUT2D eigenvalue weighted by Gasteiger charge is -2.07. The Morgan fingerprint density at radius 1 is 0.905 bits per heavy atom. The topological polar surface area (TPSA) is 43.1 Å². The van der Waals surface area contributed by atoms with Crippen LogP contribution in [0.4, 0.5) is 0 Å². The summed E-state index contributed by atoms with van der Waals surface area (Å²) in [7, 11) is 0. The molecular weight excluding hydrogens is 258 g/mol. The van der Waals surface area contributed by atoms with Gasteiger partial charge in [0.1, 0.15) is 5.78 Å². The number of unbranched alkanes of at least 4 members (excludes halogenated alkanes) is 7. The van der Waals surface area contributed by atoms with Crippen LogP contribution in [0.3, 0.4) is 0 Å². The molecule has 0 radical (unpaired) electrons. The van der Waals surface area contributed by atoms with E-state index >= 15 is 0 Å². The van der Waals surface area contributed by atoms with Gasteiger partial charge in [0, 0.05) is 19.4 Å². The highest BCUT2D eigenvalue weighted by molar-refractivity contribution is 5.81. The number of hydrogen-bond acceptors (Lipinski definition) is 2. The number of rotatable bonds is 12. The van der Waals surface area contributed by atoms with Crippen molar-refractivity contribution in [3.8, 4) is 0 Å². The van der Waals surface area contributed by atoms with E-state index in [1.807, 2.05) is 24.3 Å². The molecule has 118 valence electrons. The van der Waals surface area contributed by atoms with Crippen LogP contribution in [0.15, 0.2) is 24.3 Å². The Labute approximate surface area is 130 Å². The van der Waals surface area contributed by atoms with Gasteiger partial charge in [0.2, 0.25) is 0 Å². The van der Waals surface area contributed by atoms with E-state index in [2.05, 4.69) is 6.92 Å². The number of hydrogen-bond donors (Lipinski definition) is 1. The van der Waals surface area contributed by atoms with Crippen LogP contribution in [-0.4, -0.2) is 5.78 Å². The lowest BCUT2D eigenvalue weighted by molar-refractivity contribution is -0.118. The zero-order valence-electron chi connectivity index (χ0n) is 13.6. The maximum Gasteiger partial charge on any atom is 0.137 e. The fourth-order valence-electron chi connectivity index (χ4n) is 2.69. The van der Waals surface area contributed by atoms with E-state index in [-0.39, 0.29) is 0 Å². The number of carbonyl (C=O) groups excluding carboxylic acids is 1. The Kier molecular flexibility index (Phi) is 9.81. The summed E-state index contributed by atoms with van der Waals surface area (Å²) >= 11 is 0. The third kappa shape index (κ3) is 8.01. The van der Waals surface area contributed by atoms with Crippen molar-refractivity contribution in [2.45, 2.75) is 77.7 Å². The summed E-state index contributed by atoms with van der Waals surface area (Å²) in [6.07, 6.45) is 11.5. The Morgan fingerprint density at radius 3 is 2.10 bits per heavy atom. The van der Waals surface area contributed by atoms with Crippen LogP contribution in [0.25, 0.3) is 0 Å². The third-order valence-electron chi connectivity index (χ3n) is 4.04.